The number of rotatable bonds is 8. The molecular weight excluding hydrogens is 438 g/mol. The van der Waals surface area contributed by atoms with Crippen molar-refractivity contribution in [2.75, 3.05) is 18.2 Å². The average molecular weight is 470 g/mol. The Morgan fingerprint density at radius 3 is 2.48 bits per heavy atom. The number of methoxy groups -OCH3 is 1. The van der Waals surface area contributed by atoms with Gasteiger partial charge in [-0.1, -0.05) is 17.8 Å². The van der Waals surface area contributed by atoms with E-state index < -0.39 is 0 Å². The fraction of sp³-hybridized carbons (Fsp3) is 0.583. The second-order valence-corrected chi connectivity index (χ2v) is 10.9. The molecule has 4 saturated carbocycles. The molecule has 4 fully saturated rings. The van der Waals surface area contributed by atoms with Crippen LogP contribution in [-0.2, 0) is 23.1 Å². The van der Waals surface area contributed by atoms with E-state index >= 15 is 0 Å². The minimum Gasteiger partial charge on any atom is -0.497 e. The Bertz CT molecular complexity index is 1020. The summed E-state index contributed by atoms with van der Waals surface area (Å²) in [4.78, 5) is 25.2. The van der Waals surface area contributed by atoms with Crippen molar-refractivity contribution in [3.8, 4) is 5.75 Å². The van der Waals surface area contributed by atoms with Crippen LogP contribution in [0.15, 0.2) is 29.4 Å². The molecule has 4 bridgehead atoms. The molecule has 2 aromatic rings. The molecule has 9 heteroatoms. The topological polar surface area (TPSA) is 98.1 Å². The van der Waals surface area contributed by atoms with E-state index in [1.165, 1.54) is 31.0 Å². The predicted molar refractivity (Wildman–Crippen MR) is 126 cm³/mol. The van der Waals surface area contributed by atoms with Crippen molar-refractivity contribution in [2.45, 2.75) is 55.6 Å². The third-order valence-corrected chi connectivity index (χ3v) is 8.39. The minimum atomic E-state index is -0.185. The first-order valence-corrected chi connectivity index (χ1v) is 12.7. The summed E-state index contributed by atoms with van der Waals surface area (Å²) in [6.07, 6.45) is 7.61. The predicted octanol–water partition coefficient (Wildman–Crippen LogP) is 3.18. The van der Waals surface area contributed by atoms with Gasteiger partial charge in [0, 0.05) is 24.3 Å². The van der Waals surface area contributed by atoms with Gasteiger partial charge in [0.25, 0.3) is 0 Å². The molecule has 0 aliphatic heterocycles. The van der Waals surface area contributed by atoms with E-state index in [0.29, 0.717) is 28.2 Å². The molecule has 0 unspecified atom stereocenters. The van der Waals surface area contributed by atoms with Crippen molar-refractivity contribution in [3.05, 3.63) is 30.1 Å². The van der Waals surface area contributed by atoms with Crippen LogP contribution in [0.25, 0.3) is 0 Å². The van der Waals surface area contributed by atoms with Crippen LogP contribution < -0.4 is 15.4 Å². The number of ether oxygens (including phenoxy) is 1. The first-order chi connectivity index (χ1) is 15.9. The first kappa shape index (κ1) is 22.3. The third kappa shape index (κ3) is 4.88. The zero-order valence-corrected chi connectivity index (χ0v) is 20.0. The van der Waals surface area contributed by atoms with E-state index in [9.17, 15) is 9.59 Å². The van der Waals surface area contributed by atoms with Crippen molar-refractivity contribution in [3.63, 3.8) is 0 Å². The van der Waals surface area contributed by atoms with E-state index in [2.05, 4.69) is 20.8 Å². The Morgan fingerprint density at radius 2 is 1.82 bits per heavy atom. The standard InChI is InChI=1S/C24H31N5O3S/c1-29-20(10-21(30)25-18-4-3-5-19(9-18)32-2)27-28-23(29)33-14-22(31)26-24-11-15-6-16(12-24)8-17(7-15)13-24/h3-5,9,15-17H,6-8,10-14H2,1-2H3,(H,25,30)(H,26,31). The Morgan fingerprint density at radius 1 is 1.12 bits per heavy atom. The highest BCUT2D eigenvalue weighted by molar-refractivity contribution is 7.99. The van der Waals surface area contributed by atoms with Gasteiger partial charge in [0.2, 0.25) is 11.8 Å². The third-order valence-electron chi connectivity index (χ3n) is 7.37. The highest BCUT2D eigenvalue weighted by atomic mass is 32.2. The van der Waals surface area contributed by atoms with Crippen LogP contribution in [0.4, 0.5) is 5.69 Å². The van der Waals surface area contributed by atoms with E-state index in [0.717, 1.165) is 37.0 Å². The van der Waals surface area contributed by atoms with E-state index in [1.54, 1.807) is 23.8 Å². The molecule has 0 radical (unpaired) electrons. The van der Waals surface area contributed by atoms with E-state index in [1.807, 2.05) is 19.2 Å². The second-order valence-electron chi connectivity index (χ2n) is 9.95. The Kier molecular flexibility index (Phi) is 6.07. The number of hydrogen-bond donors (Lipinski definition) is 2. The smallest absolute Gasteiger partial charge is 0.232 e. The van der Waals surface area contributed by atoms with Crippen LogP contribution in [0.3, 0.4) is 0 Å². The van der Waals surface area contributed by atoms with Crippen LogP contribution in [0, 0.1) is 17.8 Å². The number of nitrogens with one attached hydrogen (secondary N) is 2. The van der Waals surface area contributed by atoms with Gasteiger partial charge >= 0.3 is 0 Å². The SMILES string of the molecule is COc1cccc(NC(=O)Cc2nnc(SCC(=O)NC34CC5CC(CC(C5)C3)C4)n2C)c1. The normalized spacial score (nSPS) is 27.4. The summed E-state index contributed by atoms with van der Waals surface area (Å²) in [7, 11) is 3.41. The maximum atomic E-state index is 12.8. The lowest BCUT2D eigenvalue weighted by Crippen LogP contribution is -2.60. The van der Waals surface area contributed by atoms with Gasteiger partial charge in [-0.2, -0.15) is 0 Å². The summed E-state index contributed by atoms with van der Waals surface area (Å²) < 4.78 is 6.97. The summed E-state index contributed by atoms with van der Waals surface area (Å²) in [5, 5.41) is 15.3. The zero-order chi connectivity index (χ0) is 23.0. The molecule has 6 rings (SSSR count). The highest BCUT2D eigenvalue weighted by Gasteiger charge is 2.51. The van der Waals surface area contributed by atoms with E-state index in [-0.39, 0.29) is 23.8 Å². The largest absolute Gasteiger partial charge is 0.497 e. The lowest BCUT2D eigenvalue weighted by molar-refractivity contribution is -0.124. The van der Waals surface area contributed by atoms with E-state index in [4.69, 9.17) is 4.74 Å². The summed E-state index contributed by atoms with van der Waals surface area (Å²) >= 11 is 1.37. The van der Waals surface area contributed by atoms with Crippen molar-refractivity contribution < 1.29 is 14.3 Å². The lowest BCUT2D eigenvalue weighted by Gasteiger charge is -2.56. The molecule has 1 aromatic carbocycles. The van der Waals surface area contributed by atoms with Crippen molar-refractivity contribution in [2.24, 2.45) is 24.8 Å². The number of carbonyl (C=O) groups is 2. The molecule has 4 aliphatic rings. The van der Waals surface area contributed by atoms with Gasteiger partial charge in [-0.15, -0.1) is 10.2 Å². The highest BCUT2D eigenvalue weighted by Crippen LogP contribution is 2.55. The average Bonchev–Trinajstić information content (AvgIpc) is 3.10. The van der Waals surface area contributed by atoms with Crippen LogP contribution in [-0.4, -0.2) is 45.0 Å². The molecule has 2 N–H and O–H groups in total. The van der Waals surface area contributed by atoms with Gasteiger partial charge in [0.15, 0.2) is 5.16 Å². The number of hydrogen-bond acceptors (Lipinski definition) is 6. The Labute approximate surface area is 198 Å². The molecule has 2 amide bonds. The molecule has 33 heavy (non-hydrogen) atoms. The second kappa shape index (κ2) is 9.00. The van der Waals surface area contributed by atoms with Crippen molar-refractivity contribution in [1.29, 1.82) is 0 Å². The number of benzene rings is 1. The van der Waals surface area contributed by atoms with Gasteiger partial charge < -0.3 is 19.9 Å². The van der Waals surface area contributed by atoms with Gasteiger partial charge in [0.1, 0.15) is 11.6 Å². The summed E-state index contributed by atoms with van der Waals surface area (Å²) in [5.41, 5.74) is 0.688. The molecule has 4 aliphatic carbocycles. The molecule has 0 saturated heterocycles. The quantitative estimate of drug-likeness (QED) is 0.576. The molecule has 0 atom stereocenters. The number of anilines is 1. The molecular formula is C24H31N5O3S. The van der Waals surface area contributed by atoms with Gasteiger partial charge in [0.05, 0.1) is 19.3 Å². The van der Waals surface area contributed by atoms with Crippen molar-refractivity contribution >= 4 is 29.3 Å². The first-order valence-electron chi connectivity index (χ1n) is 11.7. The monoisotopic (exact) mass is 469 g/mol. The van der Waals surface area contributed by atoms with Crippen LogP contribution >= 0.6 is 11.8 Å². The maximum Gasteiger partial charge on any atom is 0.232 e. The molecule has 1 aromatic heterocycles. The molecule has 176 valence electrons. The Balaban J connectivity index is 1.13. The van der Waals surface area contributed by atoms with Crippen LogP contribution in [0.2, 0.25) is 0 Å². The molecule has 0 spiro atoms. The maximum absolute atomic E-state index is 12.8. The number of amides is 2. The number of aromatic nitrogens is 3. The van der Waals surface area contributed by atoms with Crippen LogP contribution in [0.5, 0.6) is 5.75 Å². The number of carbonyl (C=O) groups excluding carboxylic acids is 2. The molecule has 1 heterocycles. The van der Waals surface area contributed by atoms with Crippen LogP contribution in [0.1, 0.15) is 44.3 Å². The fourth-order valence-corrected chi connectivity index (χ4v) is 7.13. The lowest BCUT2D eigenvalue weighted by atomic mass is 9.53. The molecule has 8 nitrogen and oxygen atoms in total. The number of thioether (sulfide) groups is 1. The van der Waals surface area contributed by atoms with Gasteiger partial charge in [-0.25, -0.2) is 0 Å². The summed E-state index contributed by atoms with van der Waals surface area (Å²) in [5.74, 6) is 3.83. The Hall–Kier alpha value is -2.55. The van der Waals surface area contributed by atoms with Crippen molar-refractivity contribution in [1.82, 2.24) is 20.1 Å². The zero-order valence-electron chi connectivity index (χ0n) is 19.2. The number of nitrogens with zero attached hydrogens (tertiary/aromatic N) is 3. The fourth-order valence-electron chi connectivity index (χ4n) is 6.40. The summed E-state index contributed by atoms with van der Waals surface area (Å²) in [6, 6.07) is 7.21. The summed E-state index contributed by atoms with van der Waals surface area (Å²) in [6.45, 7) is 0. The van der Waals surface area contributed by atoms with Gasteiger partial charge in [-0.05, 0) is 68.4 Å². The van der Waals surface area contributed by atoms with Gasteiger partial charge in [-0.3, -0.25) is 9.59 Å². The minimum absolute atomic E-state index is 0.0235.